The zero-order valence-electron chi connectivity index (χ0n) is 7.95. The van der Waals surface area contributed by atoms with E-state index in [0.717, 1.165) is 6.42 Å². The summed E-state index contributed by atoms with van der Waals surface area (Å²) in [5.41, 5.74) is 0. The summed E-state index contributed by atoms with van der Waals surface area (Å²) in [6, 6.07) is 4.15. The fourth-order valence-corrected chi connectivity index (χ4v) is 1.96. The van der Waals surface area contributed by atoms with E-state index in [1.807, 2.05) is 6.07 Å². The molecule has 1 aromatic rings. The monoisotopic (exact) mass is 198 g/mol. The Balaban J connectivity index is 2.25. The summed E-state index contributed by atoms with van der Waals surface area (Å²) in [7, 11) is 0. The molecule has 1 aromatic heterocycles. The SMILES string of the molecule is CC(=O)OC[C@@H](C)Cc1cccs1. The number of hydrogen-bond acceptors (Lipinski definition) is 3. The predicted molar refractivity (Wildman–Crippen MR) is 53.8 cm³/mol. The Bertz CT molecular complexity index is 254. The lowest BCUT2D eigenvalue weighted by Crippen LogP contribution is -2.10. The molecule has 0 saturated heterocycles. The van der Waals surface area contributed by atoms with Gasteiger partial charge in [0.2, 0.25) is 0 Å². The number of hydrogen-bond donors (Lipinski definition) is 0. The summed E-state index contributed by atoms with van der Waals surface area (Å²) in [6.45, 7) is 4.05. The standard InChI is InChI=1S/C10H14O2S/c1-8(7-12-9(2)11)6-10-4-3-5-13-10/h3-5,8H,6-7H2,1-2H3/t8-/m0/s1. The third kappa shape index (κ3) is 4.08. The van der Waals surface area contributed by atoms with Gasteiger partial charge < -0.3 is 4.74 Å². The largest absolute Gasteiger partial charge is 0.466 e. The van der Waals surface area contributed by atoms with Crippen LogP contribution in [0.4, 0.5) is 0 Å². The molecule has 0 bridgehead atoms. The molecular weight excluding hydrogens is 184 g/mol. The third-order valence-corrected chi connectivity index (χ3v) is 2.60. The van der Waals surface area contributed by atoms with E-state index in [0.29, 0.717) is 12.5 Å². The first-order valence-corrected chi connectivity index (χ1v) is 5.22. The van der Waals surface area contributed by atoms with Gasteiger partial charge in [-0.1, -0.05) is 13.0 Å². The molecule has 0 radical (unpaired) electrons. The lowest BCUT2D eigenvalue weighted by atomic mass is 10.1. The number of ether oxygens (including phenoxy) is 1. The van der Waals surface area contributed by atoms with Crippen molar-refractivity contribution in [2.45, 2.75) is 20.3 Å². The average Bonchev–Trinajstić information content (AvgIpc) is 2.53. The van der Waals surface area contributed by atoms with Gasteiger partial charge in [-0.3, -0.25) is 4.79 Å². The van der Waals surface area contributed by atoms with Crippen molar-refractivity contribution in [1.82, 2.24) is 0 Å². The van der Waals surface area contributed by atoms with Crippen LogP contribution >= 0.6 is 11.3 Å². The van der Waals surface area contributed by atoms with Crippen LogP contribution in [0.3, 0.4) is 0 Å². The minimum absolute atomic E-state index is 0.196. The van der Waals surface area contributed by atoms with Gasteiger partial charge in [0.05, 0.1) is 6.61 Å². The molecule has 0 spiro atoms. The molecule has 0 aliphatic carbocycles. The molecule has 0 fully saturated rings. The maximum absolute atomic E-state index is 10.5. The second-order valence-corrected chi connectivity index (χ2v) is 4.22. The predicted octanol–water partition coefficient (Wildman–Crippen LogP) is 2.49. The van der Waals surface area contributed by atoms with Crippen LogP contribution in [0.25, 0.3) is 0 Å². The Kier molecular flexibility index (Phi) is 3.96. The van der Waals surface area contributed by atoms with E-state index in [1.54, 1.807) is 11.3 Å². The molecule has 2 nitrogen and oxygen atoms in total. The molecule has 1 heterocycles. The highest BCUT2D eigenvalue weighted by molar-refractivity contribution is 7.09. The number of carbonyl (C=O) groups is 1. The van der Waals surface area contributed by atoms with E-state index in [2.05, 4.69) is 18.4 Å². The zero-order chi connectivity index (χ0) is 9.68. The van der Waals surface area contributed by atoms with Gasteiger partial charge >= 0.3 is 5.97 Å². The molecule has 0 unspecified atom stereocenters. The topological polar surface area (TPSA) is 26.3 Å². The van der Waals surface area contributed by atoms with Crippen molar-refractivity contribution in [3.05, 3.63) is 22.4 Å². The van der Waals surface area contributed by atoms with E-state index in [1.165, 1.54) is 11.8 Å². The van der Waals surface area contributed by atoms with E-state index < -0.39 is 0 Å². The van der Waals surface area contributed by atoms with Crippen molar-refractivity contribution in [3.63, 3.8) is 0 Å². The lowest BCUT2D eigenvalue weighted by Gasteiger charge is -2.09. The fraction of sp³-hybridized carbons (Fsp3) is 0.500. The van der Waals surface area contributed by atoms with Crippen molar-refractivity contribution in [2.75, 3.05) is 6.61 Å². The van der Waals surface area contributed by atoms with Crippen LogP contribution < -0.4 is 0 Å². The normalized spacial score (nSPS) is 12.5. The molecule has 0 aromatic carbocycles. The lowest BCUT2D eigenvalue weighted by molar-refractivity contribution is -0.142. The fourth-order valence-electron chi connectivity index (χ4n) is 1.09. The number of thiophene rings is 1. The van der Waals surface area contributed by atoms with Gasteiger partial charge in [-0.2, -0.15) is 0 Å². The maximum atomic E-state index is 10.5. The molecule has 0 aliphatic rings. The van der Waals surface area contributed by atoms with Gasteiger partial charge in [-0.15, -0.1) is 11.3 Å². The molecule has 1 rings (SSSR count). The van der Waals surface area contributed by atoms with Crippen molar-refractivity contribution in [2.24, 2.45) is 5.92 Å². The second-order valence-electron chi connectivity index (χ2n) is 3.19. The van der Waals surface area contributed by atoms with Crippen molar-refractivity contribution in [1.29, 1.82) is 0 Å². The number of carbonyl (C=O) groups excluding carboxylic acids is 1. The van der Waals surface area contributed by atoms with Crippen LogP contribution in [-0.4, -0.2) is 12.6 Å². The zero-order valence-corrected chi connectivity index (χ0v) is 8.76. The van der Waals surface area contributed by atoms with Gasteiger partial charge in [-0.05, 0) is 23.8 Å². The molecule has 72 valence electrons. The summed E-state index contributed by atoms with van der Waals surface area (Å²) in [5, 5.41) is 2.06. The highest BCUT2D eigenvalue weighted by Gasteiger charge is 2.05. The first-order valence-electron chi connectivity index (χ1n) is 4.34. The van der Waals surface area contributed by atoms with Crippen LogP contribution in [0.15, 0.2) is 17.5 Å². The summed E-state index contributed by atoms with van der Waals surface area (Å²) in [5.74, 6) is 0.209. The van der Waals surface area contributed by atoms with E-state index in [-0.39, 0.29) is 5.97 Å². The highest BCUT2D eigenvalue weighted by Crippen LogP contribution is 2.14. The van der Waals surface area contributed by atoms with Crippen LogP contribution in [0.1, 0.15) is 18.7 Å². The Morgan fingerprint density at radius 3 is 3.00 bits per heavy atom. The Morgan fingerprint density at radius 2 is 2.46 bits per heavy atom. The van der Waals surface area contributed by atoms with Crippen LogP contribution in [0.5, 0.6) is 0 Å². The third-order valence-electron chi connectivity index (χ3n) is 1.70. The Morgan fingerprint density at radius 1 is 1.69 bits per heavy atom. The van der Waals surface area contributed by atoms with Crippen molar-refractivity contribution >= 4 is 17.3 Å². The van der Waals surface area contributed by atoms with Gasteiger partial charge in [0.25, 0.3) is 0 Å². The van der Waals surface area contributed by atoms with E-state index in [4.69, 9.17) is 4.74 Å². The Hall–Kier alpha value is -0.830. The van der Waals surface area contributed by atoms with E-state index >= 15 is 0 Å². The van der Waals surface area contributed by atoms with Gasteiger partial charge in [0.1, 0.15) is 0 Å². The maximum Gasteiger partial charge on any atom is 0.302 e. The molecule has 0 N–H and O–H groups in total. The van der Waals surface area contributed by atoms with Gasteiger partial charge in [-0.25, -0.2) is 0 Å². The first-order chi connectivity index (χ1) is 6.18. The molecule has 0 aliphatic heterocycles. The summed E-state index contributed by atoms with van der Waals surface area (Å²) in [4.78, 5) is 11.9. The molecule has 0 saturated carbocycles. The molecular formula is C10H14O2S. The van der Waals surface area contributed by atoms with Crippen LogP contribution in [-0.2, 0) is 16.0 Å². The smallest absolute Gasteiger partial charge is 0.302 e. The number of rotatable bonds is 4. The van der Waals surface area contributed by atoms with Crippen LogP contribution in [0, 0.1) is 5.92 Å². The minimum Gasteiger partial charge on any atom is -0.466 e. The molecule has 13 heavy (non-hydrogen) atoms. The molecule has 1 atom stereocenters. The first kappa shape index (κ1) is 10.3. The van der Waals surface area contributed by atoms with Gasteiger partial charge in [0, 0.05) is 11.8 Å². The van der Waals surface area contributed by atoms with Crippen LogP contribution in [0.2, 0.25) is 0 Å². The Labute approximate surface area is 82.5 Å². The molecule has 3 heteroatoms. The second kappa shape index (κ2) is 5.02. The van der Waals surface area contributed by atoms with Gasteiger partial charge in [0.15, 0.2) is 0 Å². The summed E-state index contributed by atoms with van der Waals surface area (Å²) < 4.78 is 4.92. The highest BCUT2D eigenvalue weighted by atomic mass is 32.1. The summed E-state index contributed by atoms with van der Waals surface area (Å²) >= 11 is 1.75. The molecule has 0 amide bonds. The van der Waals surface area contributed by atoms with Crippen molar-refractivity contribution in [3.8, 4) is 0 Å². The van der Waals surface area contributed by atoms with Crippen molar-refractivity contribution < 1.29 is 9.53 Å². The summed E-state index contributed by atoms with van der Waals surface area (Å²) in [6.07, 6.45) is 0.991. The van der Waals surface area contributed by atoms with E-state index in [9.17, 15) is 4.79 Å². The minimum atomic E-state index is -0.196. The number of esters is 1. The average molecular weight is 198 g/mol. The quantitative estimate of drug-likeness (QED) is 0.695.